The minimum atomic E-state index is -4.09. The molecule has 0 unspecified atom stereocenters. The average molecular weight is 444 g/mol. The van der Waals surface area contributed by atoms with Gasteiger partial charge in [0.05, 0.1) is 24.3 Å². The first-order valence-electron chi connectivity index (χ1n) is 9.33. The van der Waals surface area contributed by atoms with Crippen molar-refractivity contribution in [3.05, 3.63) is 78.1 Å². The van der Waals surface area contributed by atoms with Gasteiger partial charge in [-0.25, -0.2) is 12.8 Å². The lowest BCUT2D eigenvalue weighted by atomic mass is 10.2. The van der Waals surface area contributed by atoms with Gasteiger partial charge in [-0.1, -0.05) is 18.2 Å². The number of amides is 1. The number of sulfonamides is 1. The zero-order valence-corrected chi connectivity index (χ0v) is 17.7. The highest BCUT2D eigenvalue weighted by atomic mass is 32.2. The quantitative estimate of drug-likeness (QED) is 0.541. The van der Waals surface area contributed by atoms with Crippen LogP contribution in [0.25, 0.3) is 0 Å². The molecule has 0 bridgehead atoms. The summed E-state index contributed by atoms with van der Waals surface area (Å²) in [6.07, 6.45) is 0. The molecular weight excluding hydrogens is 423 g/mol. The van der Waals surface area contributed by atoms with Gasteiger partial charge >= 0.3 is 0 Å². The molecule has 31 heavy (non-hydrogen) atoms. The van der Waals surface area contributed by atoms with Gasteiger partial charge < -0.3 is 14.8 Å². The number of methoxy groups -OCH3 is 1. The van der Waals surface area contributed by atoms with Gasteiger partial charge in [-0.3, -0.25) is 9.52 Å². The molecule has 7 nitrogen and oxygen atoms in total. The second kappa shape index (κ2) is 9.48. The number of para-hydroxylation sites is 1. The molecule has 2 N–H and O–H groups in total. The molecule has 0 aromatic heterocycles. The third kappa shape index (κ3) is 5.32. The average Bonchev–Trinajstić information content (AvgIpc) is 2.76. The van der Waals surface area contributed by atoms with E-state index in [2.05, 4.69) is 10.0 Å². The molecule has 9 heteroatoms. The van der Waals surface area contributed by atoms with Crippen LogP contribution in [0, 0.1) is 5.82 Å². The van der Waals surface area contributed by atoms with E-state index in [-0.39, 0.29) is 16.1 Å². The van der Waals surface area contributed by atoms with Crippen molar-refractivity contribution in [1.29, 1.82) is 0 Å². The summed E-state index contributed by atoms with van der Waals surface area (Å²) >= 11 is 0. The molecule has 0 heterocycles. The maximum atomic E-state index is 13.8. The van der Waals surface area contributed by atoms with Crippen molar-refractivity contribution in [2.75, 3.05) is 23.8 Å². The van der Waals surface area contributed by atoms with Gasteiger partial charge in [0.1, 0.15) is 5.82 Å². The first-order chi connectivity index (χ1) is 14.8. The van der Waals surface area contributed by atoms with E-state index >= 15 is 0 Å². The van der Waals surface area contributed by atoms with Gasteiger partial charge in [0.15, 0.2) is 11.5 Å². The number of carbonyl (C=O) groups is 1. The van der Waals surface area contributed by atoms with Crippen molar-refractivity contribution in [2.45, 2.75) is 11.8 Å². The normalized spacial score (nSPS) is 10.9. The summed E-state index contributed by atoms with van der Waals surface area (Å²) in [5.41, 5.74) is 0.381. The Hall–Kier alpha value is -3.59. The predicted molar refractivity (Wildman–Crippen MR) is 116 cm³/mol. The second-order valence-corrected chi connectivity index (χ2v) is 8.05. The molecule has 0 atom stereocenters. The number of halogens is 1. The fraction of sp³-hybridized carbons (Fsp3) is 0.136. The number of hydrogen-bond acceptors (Lipinski definition) is 5. The molecule has 0 aliphatic carbocycles. The molecule has 162 valence electrons. The van der Waals surface area contributed by atoms with Gasteiger partial charge in [-0.05, 0) is 49.4 Å². The first-order valence-corrected chi connectivity index (χ1v) is 10.8. The van der Waals surface area contributed by atoms with Crippen LogP contribution in [0.4, 0.5) is 15.8 Å². The summed E-state index contributed by atoms with van der Waals surface area (Å²) < 4.78 is 52.0. The van der Waals surface area contributed by atoms with Crippen LogP contribution >= 0.6 is 0 Å². The number of carbonyl (C=O) groups excluding carboxylic acids is 1. The summed E-state index contributed by atoms with van der Waals surface area (Å²) in [6.45, 7) is 2.31. The summed E-state index contributed by atoms with van der Waals surface area (Å²) in [5.74, 6) is -0.237. The largest absolute Gasteiger partial charge is 0.493 e. The number of anilines is 2. The predicted octanol–water partition coefficient (Wildman–Crippen LogP) is 4.29. The monoisotopic (exact) mass is 444 g/mol. The van der Waals surface area contributed by atoms with Gasteiger partial charge in [-0.2, -0.15) is 0 Å². The molecule has 0 saturated carbocycles. The zero-order valence-electron chi connectivity index (χ0n) is 16.9. The summed E-state index contributed by atoms with van der Waals surface area (Å²) in [6, 6.07) is 15.8. The zero-order chi connectivity index (χ0) is 22.4. The van der Waals surface area contributed by atoms with Gasteiger partial charge in [0.25, 0.3) is 15.9 Å². The lowest BCUT2D eigenvalue weighted by molar-refractivity contribution is 0.102. The maximum absolute atomic E-state index is 13.8. The second-order valence-electron chi connectivity index (χ2n) is 6.37. The molecule has 0 aliphatic rings. The number of hydrogen-bond donors (Lipinski definition) is 2. The number of benzene rings is 3. The van der Waals surface area contributed by atoms with Crippen LogP contribution in [0.2, 0.25) is 0 Å². The highest BCUT2D eigenvalue weighted by Gasteiger charge is 2.18. The molecule has 1 amide bonds. The van der Waals surface area contributed by atoms with Crippen LogP contribution in [0.1, 0.15) is 17.3 Å². The molecule has 0 aliphatic heterocycles. The van der Waals surface area contributed by atoms with Crippen LogP contribution in [-0.2, 0) is 10.0 Å². The summed E-state index contributed by atoms with van der Waals surface area (Å²) in [7, 11) is -2.61. The third-order valence-corrected chi connectivity index (χ3v) is 5.61. The topological polar surface area (TPSA) is 93.7 Å². The number of nitrogens with one attached hydrogen (secondary N) is 2. The molecular formula is C22H21FN2O5S. The molecule has 0 saturated heterocycles. The molecule has 3 rings (SSSR count). The summed E-state index contributed by atoms with van der Waals surface area (Å²) in [5, 5.41) is 2.69. The molecule has 0 spiro atoms. The fourth-order valence-electron chi connectivity index (χ4n) is 2.78. The van der Waals surface area contributed by atoms with Crippen LogP contribution in [-0.4, -0.2) is 28.0 Å². The Morgan fingerprint density at radius 3 is 2.48 bits per heavy atom. The maximum Gasteiger partial charge on any atom is 0.262 e. The van der Waals surface area contributed by atoms with E-state index in [9.17, 15) is 17.6 Å². The number of rotatable bonds is 8. The van der Waals surface area contributed by atoms with E-state index in [1.807, 2.05) is 6.92 Å². The van der Waals surface area contributed by atoms with E-state index in [0.717, 1.165) is 6.07 Å². The van der Waals surface area contributed by atoms with Crippen LogP contribution in [0.5, 0.6) is 11.5 Å². The van der Waals surface area contributed by atoms with Crippen LogP contribution < -0.4 is 19.5 Å². The van der Waals surface area contributed by atoms with E-state index < -0.39 is 21.7 Å². The Labute approximate surface area is 179 Å². The minimum Gasteiger partial charge on any atom is -0.493 e. The lowest BCUT2D eigenvalue weighted by Gasteiger charge is -2.12. The smallest absolute Gasteiger partial charge is 0.262 e. The first kappa shape index (κ1) is 22.1. The minimum absolute atomic E-state index is 0.115. The van der Waals surface area contributed by atoms with Crippen LogP contribution in [0.15, 0.2) is 71.6 Å². The highest BCUT2D eigenvalue weighted by molar-refractivity contribution is 7.92. The van der Waals surface area contributed by atoms with Crippen molar-refractivity contribution in [2.24, 2.45) is 0 Å². The van der Waals surface area contributed by atoms with Crippen molar-refractivity contribution < 1.29 is 27.1 Å². The molecule has 0 fully saturated rings. The Balaban J connectivity index is 1.81. The lowest BCUT2D eigenvalue weighted by Crippen LogP contribution is -2.16. The van der Waals surface area contributed by atoms with Gasteiger partial charge in [-0.15, -0.1) is 0 Å². The Morgan fingerprint density at radius 1 is 1.00 bits per heavy atom. The van der Waals surface area contributed by atoms with E-state index in [1.54, 1.807) is 18.2 Å². The standard InChI is InChI=1S/C22H21FN2O5S/c1-3-30-20-12-11-16(14-21(20)29-2)24-22(26)15-7-6-8-17(13-15)31(27,28)25-19-10-5-4-9-18(19)23/h4-14,25H,3H2,1-2H3,(H,24,26). The molecule has 3 aromatic rings. The van der Waals surface area contributed by atoms with E-state index in [1.165, 1.54) is 49.6 Å². The fourth-order valence-corrected chi connectivity index (χ4v) is 3.89. The number of ether oxygens (including phenoxy) is 2. The SMILES string of the molecule is CCOc1ccc(NC(=O)c2cccc(S(=O)(=O)Nc3ccccc3F)c2)cc1OC. The van der Waals surface area contributed by atoms with E-state index in [0.29, 0.717) is 23.8 Å². The summed E-state index contributed by atoms with van der Waals surface area (Å²) in [4.78, 5) is 12.5. The Bertz CT molecular complexity index is 1200. The molecule has 0 radical (unpaired) electrons. The Kier molecular flexibility index (Phi) is 6.76. The van der Waals surface area contributed by atoms with Crippen LogP contribution in [0.3, 0.4) is 0 Å². The van der Waals surface area contributed by atoms with Crippen molar-refractivity contribution in [1.82, 2.24) is 0 Å². The highest BCUT2D eigenvalue weighted by Crippen LogP contribution is 2.30. The van der Waals surface area contributed by atoms with Crippen molar-refractivity contribution in [3.8, 4) is 11.5 Å². The molecule has 3 aromatic carbocycles. The van der Waals surface area contributed by atoms with Crippen molar-refractivity contribution >= 4 is 27.3 Å². The van der Waals surface area contributed by atoms with Gasteiger partial charge in [0, 0.05) is 17.3 Å². The third-order valence-electron chi connectivity index (χ3n) is 4.25. The van der Waals surface area contributed by atoms with Crippen molar-refractivity contribution in [3.63, 3.8) is 0 Å². The Morgan fingerprint density at radius 2 is 1.77 bits per heavy atom. The van der Waals surface area contributed by atoms with E-state index in [4.69, 9.17) is 9.47 Å². The van der Waals surface area contributed by atoms with Gasteiger partial charge in [0.2, 0.25) is 0 Å².